The van der Waals surface area contributed by atoms with E-state index in [0.717, 1.165) is 24.1 Å². The van der Waals surface area contributed by atoms with Gasteiger partial charge in [-0.25, -0.2) is 8.42 Å². The van der Waals surface area contributed by atoms with E-state index in [9.17, 15) is 8.42 Å². The van der Waals surface area contributed by atoms with Gasteiger partial charge < -0.3 is 10.1 Å². The first-order chi connectivity index (χ1) is 9.67. The zero-order valence-corrected chi connectivity index (χ0v) is 13.5. The lowest BCUT2D eigenvalue weighted by Gasteiger charge is -2.25. The molecular formula is C14H21ClN2O3S. The number of anilines is 1. The van der Waals surface area contributed by atoms with Gasteiger partial charge in [-0.05, 0) is 24.5 Å². The first-order valence-corrected chi connectivity index (χ1v) is 8.68. The van der Waals surface area contributed by atoms with E-state index in [0.29, 0.717) is 26.2 Å². The monoisotopic (exact) mass is 332 g/mol. The molecule has 0 radical (unpaired) electrons. The molecular weight excluding hydrogens is 312 g/mol. The molecule has 0 aliphatic carbocycles. The van der Waals surface area contributed by atoms with Crippen LogP contribution in [0.2, 0.25) is 0 Å². The van der Waals surface area contributed by atoms with E-state index in [-0.39, 0.29) is 24.3 Å². The molecule has 0 bridgehead atoms. The van der Waals surface area contributed by atoms with E-state index in [1.807, 2.05) is 24.3 Å². The molecule has 5 nitrogen and oxygen atoms in total. The predicted molar refractivity (Wildman–Crippen MR) is 85.5 cm³/mol. The van der Waals surface area contributed by atoms with E-state index in [1.54, 1.807) is 4.31 Å². The minimum atomic E-state index is -3.34. The lowest BCUT2D eigenvalue weighted by molar-refractivity contribution is 0.127. The van der Waals surface area contributed by atoms with E-state index in [2.05, 4.69) is 5.32 Å². The van der Waals surface area contributed by atoms with Crippen molar-refractivity contribution in [2.75, 3.05) is 29.8 Å². The molecule has 1 fully saturated rings. The van der Waals surface area contributed by atoms with Gasteiger partial charge in [-0.1, -0.05) is 18.2 Å². The number of nitrogens with zero attached hydrogens (tertiary/aromatic N) is 1. The highest BCUT2D eigenvalue weighted by molar-refractivity contribution is 7.92. The first kappa shape index (κ1) is 16.5. The van der Waals surface area contributed by atoms with Crippen LogP contribution in [0.5, 0.6) is 0 Å². The van der Waals surface area contributed by atoms with Gasteiger partial charge >= 0.3 is 0 Å². The number of ether oxygens (including phenoxy) is 1. The fourth-order valence-electron chi connectivity index (χ4n) is 2.82. The van der Waals surface area contributed by atoms with Crippen molar-refractivity contribution in [1.29, 1.82) is 0 Å². The summed E-state index contributed by atoms with van der Waals surface area (Å²) in [5.74, 6) is 0.0847. The topological polar surface area (TPSA) is 58.6 Å². The first-order valence-electron chi connectivity index (χ1n) is 7.07. The van der Waals surface area contributed by atoms with Gasteiger partial charge in [0.15, 0.2) is 0 Å². The summed E-state index contributed by atoms with van der Waals surface area (Å²) in [7, 11) is -3.34. The number of hydrogen-bond donors (Lipinski definition) is 1. The number of fused-ring (bicyclic) bond motifs is 1. The van der Waals surface area contributed by atoms with Crippen LogP contribution in [0.3, 0.4) is 0 Å². The van der Waals surface area contributed by atoms with Gasteiger partial charge in [0.05, 0.1) is 17.5 Å². The predicted octanol–water partition coefficient (Wildman–Crippen LogP) is 1.53. The Balaban J connectivity index is 0.00000161. The Hall–Kier alpha value is -0.820. The number of benzene rings is 1. The largest absolute Gasteiger partial charge is 0.377 e. The van der Waals surface area contributed by atoms with E-state index < -0.39 is 10.0 Å². The van der Waals surface area contributed by atoms with E-state index >= 15 is 0 Å². The molecule has 118 valence electrons. The Bertz CT molecular complexity index is 573. The lowest BCUT2D eigenvalue weighted by Crippen LogP contribution is -2.39. The van der Waals surface area contributed by atoms with Gasteiger partial charge in [0.25, 0.3) is 0 Å². The number of nitrogens with one attached hydrogen (secondary N) is 1. The number of rotatable bonds is 3. The molecule has 1 N–H and O–H groups in total. The molecule has 1 atom stereocenters. The summed E-state index contributed by atoms with van der Waals surface area (Å²) < 4.78 is 32.4. The van der Waals surface area contributed by atoms with Crippen molar-refractivity contribution in [3.05, 3.63) is 29.8 Å². The van der Waals surface area contributed by atoms with Gasteiger partial charge in [0.2, 0.25) is 10.0 Å². The van der Waals surface area contributed by atoms with E-state index in [4.69, 9.17) is 4.74 Å². The number of hydrogen-bond acceptors (Lipinski definition) is 4. The zero-order valence-electron chi connectivity index (χ0n) is 11.8. The second-order valence-electron chi connectivity index (χ2n) is 5.29. The van der Waals surface area contributed by atoms with Crippen LogP contribution in [0.25, 0.3) is 0 Å². The van der Waals surface area contributed by atoms with Gasteiger partial charge in [-0.15, -0.1) is 12.4 Å². The van der Waals surface area contributed by atoms with Crippen LogP contribution in [-0.4, -0.2) is 40.0 Å². The maximum atomic E-state index is 12.7. The second kappa shape index (κ2) is 6.96. The third-order valence-corrected chi connectivity index (χ3v) is 5.67. The summed E-state index contributed by atoms with van der Waals surface area (Å²) in [4.78, 5) is 0. The number of sulfonamides is 1. The van der Waals surface area contributed by atoms with E-state index in [1.165, 1.54) is 0 Å². The molecule has 0 amide bonds. The smallest absolute Gasteiger partial charge is 0.237 e. The second-order valence-corrected chi connectivity index (χ2v) is 7.23. The van der Waals surface area contributed by atoms with Crippen LogP contribution >= 0.6 is 12.4 Å². The lowest BCUT2D eigenvalue weighted by atomic mass is 10.2. The number of para-hydroxylation sites is 1. The summed E-state index contributed by atoms with van der Waals surface area (Å²) in [6.45, 7) is 2.53. The normalized spacial score (nSPS) is 22.3. The zero-order chi connectivity index (χ0) is 14.0. The molecule has 0 spiro atoms. The van der Waals surface area contributed by atoms with Gasteiger partial charge in [0.1, 0.15) is 0 Å². The molecule has 21 heavy (non-hydrogen) atoms. The quantitative estimate of drug-likeness (QED) is 0.912. The van der Waals surface area contributed by atoms with Gasteiger partial charge in [-0.2, -0.15) is 0 Å². The van der Waals surface area contributed by atoms with Crippen molar-refractivity contribution < 1.29 is 13.2 Å². The van der Waals surface area contributed by atoms with Gasteiger partial charge in [-0.3, -0.25) is 4.31 Å². The molecule has 0 saturated carbocycles. The average Bonchev–Trinajstić information content (AvgIpc) is 2.81. The molecule has 0 aromatic heterocycles. The highest BCUT2D eigenvalue weighted by atomic mass is 35.5. The third-order valence-electron chi connectivity index (χ3n) is 3.82. The molecule has 2 aliphatic rings. The van der Waals surface area contributed by atoms with Crippen molar-refractivity contribution >= 4 is 28.1 Å². The molecule has 7 heteroatoms. The van der Waals surface area contributed by atoms with Crippen molar-refractivity contribution in [3.63, 3.8) is 0 Å². The highest BCUT2D eigenvalue weighted by Crippen LogP contribution is 2.26. The molecule has 1 aromatic rings. The minimum absolute atomic E-state index is 0. The van der Waals surface area contributed by atoms with Crippen molar-refractivity contribution in [2.45, 2.75) is 25.5 Å². The fourth-order valence-corrected chi connectivity index (χ4v) is 4.58. The van der Waals surface area contributed by atoms with Crippen molar-refractivity contribution in [3.8, 4) is 0 Å². The van der Waals surface area contributed by atoms with Crippen LogP contribution < -0.4 is 9.62 Å². The Morgan fingerprint density at radius 2 is 2.14 bits per heavy atom. The highest BCUT2D eigenvalue weighted by Gasteiger charge is 2.30. The Kier molecular flexibility index (Phi) is 5.48. The van der Waals surface area contributed by atoms with Crippen molar-refractivity contribution in [1.82, 2.24) is 5.32 Å². The summed E-state index contributed by atoms with van der Waals surface area (Å²) in [6.07, 6.45) is 1.65. The molecule has 2 heterocycles. The van der Waals surface area contributed by atoms with Crippen LogP contribution in [0.4, 0.5) is 5.69 Å². The average molecular weight is 333 g/mol. The Morgan fingerprint density at radius 1 is 1.33 bits per heavy atom. The molecule has 2 aliphatic heterocycles. The van der Waals surface area contributed by atoms with Crippen LogP contribution in [0.15, 0.2) is 24.3 Å². The summed E-state index contributed by atoms with van der Waals surface area (Å²) in [5.41, 5.74) is 1.83. The molecule has 1 saturated heterocycles. The Labute approximate surface area is 132 Å². The van der Waals surface area contributed by atoms with Crippen LogP contribution in [0.1, 0.15) is 18.4 Å². The standard InChI is InChI=1S/C14H20N2O3S.ClH/c17-20(18,11-13-5-3-9-19-13)16-8-7-15-10-12-4-1-2-6-14(12)16;/h1-2,4,6,13,15H,3,5,7-11H2;1H. The van der Waals surface area contributed by atoms with Gasteiger partial charge in [0, 0.05) is 26.2 Å². The van der Waals surface area contributed by atoms with Crippen molar-refractivity contribution in [2.24, 2.45) is 0 Å². The number of halogens is 1. The summed E-state index contributed by atoms with van der Waals surface area (Å²) in [5, 5.41) is 3.26. The third kappa shape index (κ3) is 3.69. The maximum Gasteiger partial charge on any atom is 0.237 e. The van der Waals surface area contributed by atoms with Crippen LogP contribution in [0, 0.1) is 0 Å². The summed E-state index contributed by atoms with van der Waals surface area (Å²) in [6, 6.07) is 7.69. The fraction of sp³-hybridized carbons (Fsp3) is 0.571. The SMILES string of the molecule is Cl.O=S(=O)(CC1CCCO1)N1CCNCc2ccccc21. The molecule has 3 rings (SSSR count). The minimum Gasteiger partial charge on any atom is -0.377 e. The van der Waals surface area contributed by atoms with Crippen LogP contribution in [-0.2, 0) is 21.3 Å². The summed E-state index contributed by atoms with van der Waals surface area (Å²) >= 11 is 0. The maximum absolute atomic E-state index is 12.7. The molecule has 1 unspecified atom stereocenters. The Morgan fingerprint density at radius 3 is 2.90 bits per heavy atom. The molecule has 1 aromatic carbocycles.